The molecule has 1 heterocycles. The van der Waals surface area contributed by atoms with Gasteiger partial charge in [0.1, 0.15) is 5.82 Å². The summed E-state index contributed by atoms with van der Waals surface area (Å²) >= 11 is 0. The Balaban J connectivity index is 1.77. The number of anilines is 4. The van der Waals surface area contributed by atoms with Gasteiger partial charge in [-0.2, -0.15) is 0 Å². The molecular formula is C27H27FN4O3. The van der Waals surface area contributed by atoms with E-state index < -0.39 is 29.7 Å². The Morgan fingerprint density at radius 1 is 0.914 bits per heavy atom. The van der Waals surface area contributed by atoms with Crippen molar-refractivity contribution < 1.29 is 18.8 Å². The van der Waals surface area contributed by atoms with Gasteiger partial charge in [-0.25, -0.2) is 9.18 Å². The average molecular weight is 475 g/mol. The lowest BCUT2D eigenvalue weighted by Crippen LogP contribution is -2.55. The number of amides is 4. The molecule has 1 atom stereocenters. The van der Waals surface area contributed by atoms with Gasteiger partial charge in [0.25, 0.3) is 11.8 Å². The third-order valence-corrected chi connectivity index (χ3v) is 5.70. The highest BCUT2D eigenvalue weighted by Crippen LogP contribution is 2.38. The molecular weight excluding hydrogens is 447 g/mol. The normalized spacial score (nSPS) is 15.6. The van der Waals surface area contributed by atoms with Crippen LogP contribution in [0.15, 0.2) is 78.9 Å². The number of urea groups is 1. The maximum absolute atomic E-state index is 14.4. The fraction of sp³-hybridized carbons (Fsp3) is 0.222. The van der Waals surface area contributed by atoms with E-state index in [1.165, 1.54) is 28.0 Å². The monoisotopic (exact) mass is 474 g/mol. The molecule has 2 N–H and O–H groups in total. The average Bonchev–Trinajstić information content (AvgIpc) is 2.92. The second kappa shape index (κ2) is 10.4. The number of para-hydroxylation sites is 2. The molecule has 0 bridgehead atoms. The van der Waals surface area contributed by atoms with Crippen LogP contribution in [0.1, 0.15) is 20.3 Å². The first-order valence-corrected chi connectivity index (χ1v) is 11.5. The van der Waals surface area contributed by atoms with Gasteiger partial charge >= 0.3 is 6.03 Å². The van der Waals surface area contributed by atoms with Gasteiger partial charge in [0.15, 0.2) is 6.04 Å². The van der Waals surface area contributed by atoms with Crippen LogP contribution in [0.2, 0.25) is 0 Å². The molecule has 8 heteroatoms. The fourth-order valence-electron chi connectivity index (χ4n) is 3.93. The highest BCUT2D eigenvalue weighted by atomic mass is 19.1. The van der Waals surface area contributed by atoms with Gasteiger partial charge in [-0.1, -0.05) is 50.2 Å². The first kappa shape index (κ1) is 23.9. The summed E-state index contributed by atoms with van der Waals surface area (Å²) in [6.07, 6.45) is 0.629. The van der Waals surface area contributed by atoms with Gasteiger partial charge in [-0.05, 0) is 54.8 Å². The van der Waals surface area contributed by atoms with Crippen LogP contribution in [0.3, 0.4) is 0 Å². The zero-order chi connectivity index (χ0) is 24.9. The molecule has 0 spiro atoms. The van der Waals surface area contributed by atoms with E-state index >= 15 is 0 Å². The number of rotatable bonds is 6. The van der Waals surface area contributed by atoms with E-state index in [2.05, 4.69) is 10.6 Å². The van der Waals surface area contributed by atoms with Crippen LogP contribution in [-0.2, 0) is 9.59 Å². The molecule has 35 heavy (non-hydrogen) atoms. The lowest BCUT2D eigenvalue weighted by molar-refractivity contribution is -0.128. The molecule has 0 aromatic heterocycles. The Labute approximate surface area is 203 Å². The quantitative estimate of drug-likeness (QED) is 0.489. The highest BCUT2D eigenvalue weighted by molar-refractivity contribution is 6.24. The molecule has 0 fully saturated rings. The summed E-state index contributed by atoms with van der Waals surface area (Å²) < 4.78 is 14.4. The second-order valence-electron chi connectivity index (χ2n) is 8.71. The molecule has 4 amide bonds. The summed E-state index contributed by atoms with van der Waals surface area (Å²) in [7, 11) is 0. The molecule has 1 aliphatic heterocycles. The van der Waals surface area contributed by atoms with Gasteiger partial charge in [0.05, 0.1) is 11.4 Å². The van der Waals surface area contributed by atoms with Crippen molar-refractivity contribution in [1.82, 2.24) is 5.32 Å². The molecule has 7 nitrogen and oxygen atoms in total. The summed E-state index contributed by atoms with van der Waals surface area (Å²) in [6.45, 7) is 4.29. The Bertz CT molecular complexity index is 1220. The van der Waals surface area contributed by atoms with Crippen molar-refractivity contribution >= 4 is 40.6 Å². The number of hydrogen-bond donors (Lipinski definition) is 2. The van der Waals surface area contributed by atoms with Crippen LogP contribution in [0.5, 0.6) is 0 Å². The van der Waals surface area contributed by atoms with Gasteiger partial charge < -0.3 is 15.5 Å². The molecule has 3 aromatic rings. The lowest BCUT2D eigenvalue weighted by atomic mass is 10.1. The lowest BCUT2D eigenvalue weighted by Gasteiger charge is -2.26. The van der Waals surface area contributed by atoms with Crippen LogP contribution in [0, 0.1) is 11.7 Å². The van der Waals surface area contributed by atoms with Crippen LogP contribution >= 0.6 is 0 Å². The number of nitrogens with one attached hydrogen (secondary N) is 2. The summed E-state index contributed by atoms with van der Waals surface area (Å²) in [6, 6.07) is 19.3. The van der Waals surface area contributed by atoms with E-state index in [9.17, 15) is 18.8 Å². The molecule has 0 saturated carbocycles. The van der Waals surface area contributed by atoms with E-state index in [0.717, 1.165) is 0 Å². The van der Waals surface area contributed by atoms with Crippen molar-refractivity contribution in [2.24, 2.45) is 5.92 Å². The van der Waals surface area contributed by atoms with E-state index in [-0.39, 0.29) is 18.2 Å². The Morgan fingerprint density at radius 2 is 1.57 bits per heavy atom. The van der Waals surface area contributed by atoms with Crippen LogP contribution in [-0.4, -0.2) is 30.4 Å². The fourth-order valence-corrected chi connectivity index (χ4v) is 3.93. The minimum Gasteiger partial charge on any atom is -0.318 e. The first-order chi connectivity index (χ1) is 16.8. The summed E-state index contributed by atoms with van der Waals surface area (Å²) in [4.78, 5) is 43.1. The molecule has 1 unspecified atom stereocenters. The predicted molar refractivity (Wildman–Crippen MR) is 134 cm³/mol. The van der Waals surface area contributed by atoms with Crippen LogP contribution in [0.25, 0.3) is 0 Å². The van der Waals surface area contributed by atoms with Gasteiger partial charge in [0, 0.05) is 17.9 Å². The number of carbonyl (C=O) groups excluding carboxylic acids is 3. The smallest absolute Gasteiger partial charge is 0.318 e. The molecule has 0 saturated heterocycles. The van der Waals surface area contributed by atoms with E-state index in [1.807, 2.05) is 19.9 Å². The van der Waals surface area contributed by atoms with Crippen molar-refractivity contribution in [3.05, 3.63) is 84.7 Å². The molecule has 180 valence electrons. The van der Waals surface area contributed by atoms with Crippen molar-refractivity contribution in [2.45, 2.75) is 26.3 Å². The Morgan fingerprint density at radius 3 is 2.23 bits per heavy atom. The predicted octanol–water partition coefficient (Wildman–Crippen LogP) is 5.07. The van der Waals surface area contributed by atoms with Crippen LogP contribution < -0.4 is 20.4 Å². The first-order valence-electron chi connectivity index (χ1n) is 11.5. The number of halogens is 1. The van der Waals surface area contributed by atoms with E-state index in [0.29, 0.717) is 23.5 Å². The van der Waals surface area contributed by atoms with E-state index in [1.54, 1.807) is 54.6 Å². The molecule has 1 aliphatic rings. The summed E-state index contributed by atoms with van der Waals surface area (Å²) in [5, 5.41) is 5.20. The Kier molecular flexibility index (Phi) is 7.10. The summed E-state index contributed by atoms with van der Waals surface area (Å²) in [5.74, 6) is -1.52. The SMILES string of the molecule is CC(C)CCN1C(=O)C(NC(=O)Nc2ccccc2)C(=O)N(c2ccccc2)c2ccc(F)cc21. The third-order valence-electron chi connectivity index (χ3n) is 5.70. The molecule has 0 aliphatic carbocycles. The molecule has 4 rings (SSSR count). The topological polar surface area (TPSA) is 81.8 Å². The van der Waals surface area contributed by atoms with Crippen molar-refractivity contribution in [2.75, 3.05) is 21.7 Å². The summed E-state index contributed by atoms with van der Waals surface area (Å²) in [5.41, 5.74) is 1.66. The Hall–Kier alpha value is -4.20. The van der Waals surface area contributed by atoms with Gasteiger partial charge in [0.2, 0.25) is 0 Å². The second-order valence-corrected chi connectivity index (χ2v) is 8.71. The third kappa shape index (κ3) is 5.32. The van der Waals surface area contributed by atoms with Crippen molar-refractivity contribution in [3.63, 3.8) is 0 Å². The highest BCUT2D eigenvalue weighted by Gasteiger charge is 2.42. The number of carbonyl (C=O) groups is 3. The van der Waals surface area contributed by atoms with Gasteiger partial charge in [-0.15, -0.1) is 0 Å². The number of hydrogen-bond acceptors (Lipinski definition) is 3. The number of nitrogens with zero attached hydrogens (tertiary/aromatic N) is 2. The zero-order valence-electron chi connectivity index (χ0n) is 19.6. The van der Waals surface area contributed by atoms with Crippen molar-refractivity contribution in [3.8, 4) is 0 Å². The largest absolute Gasteiger partial charge is 0.320 e. The van der Waals surface area contributed by atoms with Crippen molar-refractivity contribution in [1.29, 1.82) is 0 Å². The number of fused-ring (bicyclic) bond motifs is 1. The maximum Gasteiger partial charge on any atom is 0.320 e. The number of benzene rings is 3. The van der Waals surface area contributed by atoms with Gasteiger partial charge in [-0.3, -0.25) is 14.5 Å². The minimum atomic E-state index is -1.51. The van der Waals surface area contributed by atoms with Crippen LogP contribution in [0.4, 0.5) is 31.9 Å². The molecule has 3 aromatic carbocycles. The van der Waals surface area contributed by atoms with E-state index in [4.69, 9.17) is 0 Å². The minimum absolute atomic E-state index is 0.261. The molecule has 0 radical (unpaired) electrons. The maximum atomic E-state index is 14.4. The standard InChI is InChI=1S/C27H27FN4O3/c1-18(2)15-16-31-23-17-19(28)13-14-22(23)32(21-11-7-4-8-12-21)26(34)24(25(31)33)30-27(35)29-20-9-5-3-6-10-20/h3-14,17-18,24H,15-16H2,1-2H3,(H2,29,30,35). The zero-order valence-corrected chi connectivity index (χ0v) is 19.6.